The summed E-state index contributed by atoms with van der Waals surface area (Å²) in [5.74, 6) is -0.114. The topological polar surface area (TPSA) is 71.4 Å². The van der Waals surface area contributed by atoms with E-state index in [0.717, 1.165) is 36.6 Å². The number of carbonyl (C=O) groups is 1. The van der Waals surface area contributed by atoms with Gasteiger partial charge in [0.25, 0.3) is 5.91 Å². The first kappa shape index (κ1) is 19.6. The number of aromatic nitrogens is 1. The molecular formula is C20H27N3O3S. The van der Waals surface area contributed by atoms with Crippen LogP contribution in [-0.2, 0) is 16.6 Å². The van der Waals surface area contributed by atoms with Crippen molar-refractivity contribution < 1.29 is 13.2 Å². The van der Waals surface area contributed by atoms with Gasteiger partial charge in [-0.15, -0.1) is 6.58 Å². The molecule has 0 saturated heterocycles. The first-order valence-corrected chi connectivity index (χ1v) is 10.8. The molecule has 27 heavy (non-hydrogen) atoms. The maximum atomic E-state index is 12.9. The molecule has 0 spiro atoms. The highest BCUT2D eigenvalue weighted by atomic mass is 32.2. The quantitative estimate of drug-likeness (QED) is 0.772. The van der Waals surface area contributed by atoms with Gasteiger partial charge in [0.1, 0.15) is 5.69 Å². The van der Waals surface area contributed by atoms with Crippen LogP contribution in [-0.4, -0.2) is 43.3 Å². The number of nitrogens with zero attached hydrogens (tertiary/aromatic N) is 2. The van der Waals surface area contributed by atoms with Gasteiger partial charge in [-0.1, -0.05) is 25.3 Å². The number of carbonyl (C=O) groups excluding carboxylic acids is 1. The summed E-state index contributed by atoms with van der Waals surface area (Å²) >= 11 is 0. The first-order valence-electron chi connectivity index (χ1n) is 9.32. The van der Waals surface area contributed by atoms with Gasteiger partial charge < -0.3 is 9.88 Å². The van der Waals surface area contributed by atoms with Crippen molar-refractivity contribution in [3.63, 3.8) is 0 Å². The van der Waals surface area contributed by atoms with Crippen molar-refractivity contribution >= 4 is 26.8 Å². The predicted molar refractivity (Wildman–Crippen MR) is 107 cm³/mol. The number of hydrogen-bond donors (Lipinski definition) is 1. The van der Waals surface area contributed by atoms with Crippen molar-refractivity contribution in [2.24, 2.45) is 0 Å². The van der Waals surface area contributed by atoms with Crippen molar-refractivity contribution in [2.75, 3.05) is 14.1 Å². The van der Waals surface area contributed by atoms with Crippen LogP contribution in [0.5, 0.6) is 0 Å². The molecule has 1 saturated carbocycles. The van der Waals surface area contributed by atoms with Gasteiger partial charge in [0.05, 0.1) is 4.90 Å². The summed E-state index contributed by atoms with van der Waals surface area (Å²) in [6.45, 7) is 4.27. The number of benzene rings is 1. The molecule has 0 radical (unpaired) electrons. The van der Waals surface area contributed by atoms with E-state index in [1.165, 1.54) is 24.8 Å². The Balaban J connectivity index is 2.00. The van der Waals surface area contributed by atoms with Gasteiger partial charge in [0.15, 0.2) is 0 Å². The second-order valence-electron chi connectivity index (χ2n) is 7.25. The summed E-state index contributed by atoms with van der Waals surface area (Å²) in [6, 6.07) is 6.95. The van der Waals surface area contributed by atoms with Crippen molar-refractivity contribution in [3.8, 4) is 0 Å². The number of allylic oxidation sites excluding steroid dienone is 1. The lowest BCUT2D eigenvalue weighted by Crippen LogP contribution is -2.37. The molecule has 0 bridgehead atoms. The van der Waals surface area contributed by atoms with Crippen LogP contribution in [0.2, 0.25) is 0 Å². The van der Waals surface area contributed by atoms with Gasteiger partial charge in [-0.3, -0.25) is 4.79 Å². The van der Waals surface area contributed by atoms with E-state index in [-0.39, 0.29) is 16.8 Å². The van der Waals surface area contributed by atoms with Crippen LogP contribution in [0.3, 0.4) is 0 Å². The standard InChI is InChI=1S/C20H27N3O3S/c1-4-12-23-18-11-10-17(27(25,26)22(2)3)13-15(18)14-19(23)20(24)21-16-8-6-5-7-9-16/h4,10-11,13-14,16H,1,5-9,12H2,2-3H3,(H,21,24). The van der Waals surface area contributed by atoms with E-state index in [1.54, 1.807) is 30.3 Å². The Hall–Kier alpha value is -2.12. The predicted octanol–water partition coefficient (Wildman–Crippen LogP) is 3.14. The van der Waals surface area contributed by atoms with Crippen LogP contribution in [0.15, 0.2) is 41.8 Å². The van der Waals surface area contributed by atoms with Gasteiger partial charge in [-0.2, -0.15) is 0 Å². The molecule has 2 aromatic rings. The van der Waals surface area contributed by atoms with E-state index in [4.69, 9.17) is 0 Å². The lowest BCUT2D eigenvalue weighted by atomic mass is 9.95. The minimum Gasteiger partial charge on any atom is -0.348 e. The Morgan fingerprint density at radius 3 is 2.59 bits per heavy atom. The lowest BCUT2D eigenvalue weighted by Gasteiger charge is -2.23. The van der Waals surface area contributed by atoms with E-state index in [9.17, 15) is 13.2 Å². The number of amides is 1. The van der Waals surface area contributed by atoms with Crippen LogP contribution in [0.1, 0.15) is 42.6 Å². The van der Waals surface area contributed by atoms with Gasteiger partial charge in [0, 0.05) is 37.6 Å². The molecule has 0 aliphatic heterocycles. The van der Waals surface area contributed by atoms with Crippen molar-refractivity contribution in [1.29, 1.82) is 0 Å². The first-order chi connectivity index (χ1) is 12.8. The second-order valence-corrected chi connectivity index (χ2v) is 9.40. The van der Waals surface area contributed by atoms with Gasteiger partial charge in [-0.25, -0.2) is 12.7 Å². The molecule has 1 aliphatic carbocycles. The van der Waals surface area contributed by atoms with E-state index >= 15 is 0 Å². The maximum absolute atomic E-state index is 12.9. The highest BCUT2D eigenvalue weighted by molar-refractivity contribution is 7.89. The summed E-state index contributed by atoms with van der Waals surface area (Å²) in [5, 5.41) is 3.87. The monoisotopic (exact) mass is 389 g/mol. The SMILES string of the molecule is C=CCn1c(C(=O)NC2CCCCC2)cc2cc(S(=O)(=O)N(C)C)ccc21. The zero-order valence-corrected chi connectivity index (χ0v) is 16.8. The fourth-order valence-corrected chi connectivity index (χ4v) is 4.58. The zero-order chi connectivity index (χ0) is 19.6. The summed E-state index contributed by atoms with van der Waals surface area (Å²) in [4.78, 5) is 13.1. The number of hydrogen-bond acceptors (Lipinski definition) is 3. The maximum Gasteiger partial charge on any atom is 0.268 e. The average Bonchev–Trinajstić information content (AvgIpc) is 3.01. The minimum atomic E-state index is -3.52. The number of rotatable bonds is 6. The fourth-order valence-electron chi connectivity index (χ4n) is 3.64. The third-order valence-electron chi connectivity index (χ3n) is 5.14. The summed E-state index contributed by atoms with van der Waals surface area (Å²) in [6.07, 6.45) is 7.28. The average molecular weight is 390 g/mol. The molecular weight excluding hydrogens is 362 g/mol. The van der Waals surface area contributed by atoms with Gasteiger partial charge >= 0.3 is 0 Å². The molecule has 6 nitrogen and oxygen atoms in total. The molecule has 3 rings (SSSR count). The largest absolute Gasteiger partial charge is 0.348 e. The molecule has 1 aromatic carbocycles. The summed E-state index contributed by atoms with van der Waals surface area (Å²) in [5.41, 5.74) is 1.36. The Morgan fingerprint density at radius 2 is 1.96 bits per heavy atom. The second kappa shape index (κ2) is 7.86. The molecule has 0 atom stereocenters. The molecule has 146 valence electrons. The van der Waals surface area contributed by atoms with Gasteiger partial charge in [-0.05, 0) is 37.1 Å². The highest BCUT2D eigenvalue weighted by Crippen LogP contribution is 2.25. The van der Waals surface area contributed by atoms with Gasteiger partial charge in [0.2, 0.25) is 10.0 Å². The molecule has 7 heteroatoms. The minimum absolute atomic E-state index is 0.114. The number of fused-ring (bicyclic) bond motifs is 1. The van der Waals surface area contributed by atoms with Crippen LogP contribution < -0.4 is 5.32 Å². The number of nitrogens with one attached hydrogen (secondary N) is 1. The van der Waals surface area contributed by atoms with Crippen LogP contribution in [0, 0.1) is 0 Å². The Labute approximate surface area is 160 Å². The Kier molecular flexibility index (Phi) is 5.72. The summed E-state index contributed by atoms with van der Waals surface area (Å²) in [7, 11) is -0.513. The van der Waals surface area contributed by atoms with Crippen LogP contribution in [0.25, 0.3) is 10.9 Å². The number of sulfonamides is 1. The smallest absolute Gasteiger partial charge is 0.268 e. The fraction of sp³-hybridized carbons (Fsp3) is 0.450. The van der Waals surface area contributed by atoms with Crippen molar-refractivity contribution in [1.82, 2.24) is 14.2 Å². The van der Waals surface area contributed by atoms with Crippen molar-refractivity contribution in [3.05, 3.63) is 42.6 Å². The van der Waals surface area contributed by atoms with E-state index < -0.39 is 10.0 Å². The third-order valence-corrected chi connectivity index (χ3v) is 6.95. The van der Waals surface area contributed by atoms with E-state index in [1.807, 2.05) is 4.57 Å². The van der Waals surface area contributed by atoms with E-state index in [0.29, 0.717) is 12.2 Å². The van der Waals surface area contributed by atoms with Crippen LogP contribution in [0.4, 0.5) is 0 Å². The molecule has 1 aromatic heterocycles. The Bertz CT molecular complexity index is 954. The molecule has 1 aliphatic rings. The Morgan fingerprint density at radius 1 is 1.26 bits per heavy atom. The molecule has 1 N–H and O–H groups in total. The van der Waals surface area contributed by atoms with E-state index in [2.05, 4.69) is 11.9 Å². The molecule has 1 amide bonds. The molecule has 0 unspecified atom stereocenters. The van der Waals surface area contributed by atoms with Crippen molar-refractivity contribution in [2.45, 2.75) is 49.6 Å². The van der Waals surface area contributed by atoms with Crippen LogP contribution >= 0.6 is 0 Å². The third kappa shape index (κ3) is 3.94. The zero-order valence-electron chi connectivity index (χ0n) is 15.9. The molecule has 1 heterocycles. The molecule has 1 fully saturated rings. The summed E-state index contributed by atoms with van der Waals surface area (Å²) < 4.78 is 27.9. The normalized spacial score (nSPS) is 16.0. The lowest BCUT2D eigenvalue weighted by molar-refractivity contribution is 0.0919. The highest BCUT2D eigenvalue weighted by Gasteiger charge is 2.22.